The largest absolute Gasteiger partial charge is 0.481 e. The van der Waals surface area contributed by atoms with Gasteiger partial charge in [-0.15, -0.1) is 11.3 Å². The molecule has 0 aliphatic heterocycles. The van der Waals surface area contributed by atoms with E-state index in [0.29, 0.717) is 16.5 Å². The highest BCUT2D eigenvalue weighted by Gasteiger charge is 2.48. The smallest absolute Gasteiger partial charge is 0.341 e. The number of thiophene rings is 1. The number of ether oxygens (including phenoxy) is 1. The third-order valence-electron chi connectivity index (χ3n) is 6.56. The zero-order valence-electron chi connectivity index (χ0n) is 16.8. The molecule has 5 rings (SSSR count). The molecular weight excluding hydrogens is 390 g/mol. The molecule has 6 nitrogen and oxygen atoms in total. The fourth-order valence-electron chi connectivity index (χ4n) is 5.15. The van der Waals surface area contributed by atoms with Crippen molar-refractivity contribution < 1.29 is 24.2 Å². The van der Waals surface area contributed by atoms with E-state index in [9.17, 15) is 19.5 Å². The van der Waals surface area contributed by atoms with Crippen LogP contribution in [0.3, 0.4) is 0 Å². The van der Waals surface area contributed by atoms with E-state index in [4.69, 9.17) is 4.74 Å². The summed E-state index contributed by atoms with van der Waals surface area (Å²) >= 11 is 1.44. The summed E-state index contributed by atoms with van der Waals surface area (Å²) in [6.07, 6.45) is 8.31. The van der Waals surface area contributed by atoms with Gasteiger partial charge in [-0.3, -0.25) is 9.59 Å². The summed E-state index contributed by atoms with van der Waals surface area (Å²) in [6.45, 7) is 4.20. The standard InChI is InChI=1S/C22H27NO5S/c1-3-28-22(27)18-14-10-11(2)4-9-15(14)29-20(18)23-19(24)16-12-5-7-13(8-6-12)17(16)21(25)26/h5,7,11-13,16-17H,3-4,6,8-10H2,1-2H3,(H,23,24)(H,25,26)/t11-,12+,13+,16-,17+/m1/s1. The van der Waals surface area contributed by atoms with Gasteiger partial charge in [0.25, 0.3) is 0 Å². The second-order valence-electron chi connectivity index (χ2n) is 8.45. The number of aryl methyl sites for hydroxylation is 1. The maximum Gasteiger partial charge on any atom is 0.341 e. The highest BCUT2D eigenvalue weighted by atomic mass is 32.1. The van der Waals surface area contributed by atoms with E-state index in [1.807, 2.05) is 12.2 Å². The summed E-state index contributed by atoms with van der Waals surface area (Å²) in [5.74, 6) is -2.64. The van der Waals surface area contributed by atoms with Crippen LogP contribution < -0.4 is 5.32 Å². The molecule has 1 heterocycles. The number of anilines is 1. The Balaban J connectivity index is 1.65. The number of fused-ring (bicyclic) bond motifs is 3. The molecule has 5 atom stereocenters. The number of hydrogen-bond donors (Lipinski definition) is 2. The summed E-state index contributed by atoms with van der Waals surface area (Å²) in [5, 5.41) is 13.2. The fourth-order valence-corrected chi connectivity index (χ4v) is 6.38. The topological polar surface area (TPSA) is 92.7 Å². The maximum atomic E-state index is 13.2. The third-order valence-corrected chi connectivity index (χ3v) is 7.77. The average Bonchev–Trinajstić information content (AvgIpc) is 3.05. The lowest BCUT2D eigenvalue weighted by molar-refractivity contribution is -0.151. The van der Waals surface area contributed by atoms with E-state index in [1.54, 1.807) is 6.92 Å². The van der Waals surface area contributed by atoms with Crippen molar-refractivity contribution in [3.8, 4) is 0 Å². The Hall–Kier alpha value is -2.15. The molecule has 156 valence electrons. The molecule has 0 saturated heterocycles. The number of allylic oxidation sites excluding steroid dienone is 2. The van der Waals surface area contributed by atoms with E-state index in [-0.39, 0.29) is 24.3 Å². The van der Waals surface area contributed by atoms with Crippen molar-refractivity contribution in [3.05, 3.63) is 28.2 Å². The van der Waals surface area contributed by atoms with Gasteiger partial charge < -0.3 is 15.2 Å². The first-order valence-corrected chi connectivity index (χ1v) is 11.3. The van der Waals surface area contributed by atoms with Gasteiger partial charge >= 0.3 is 11.9 Å². The monoisotopic (exact) mass is 417 g/mol. The number of amides is 1. The zero-order valence-corrected chi connectivity index (χ0v) is 17.6. The van der Waals surface area contributed by atoms with Crippen LogP contribution >= 0.6 is 11.3 Å². The van der Waals surface area contributed by atoms with Crippen molar-refractivity contribution in [3.63, 3.8) is 0 Å². The molecule has 2 N–H and O–H groups in total. The van der Waals surface area contributed by atoms with Gasteiger partial charge in [-0.1, -0.05) is 19.1 Å². The number of aliphatic carboxylic acids is 1. The molecule has 0 spiro atoms. The summed E-state index contributed by atoms with van der Waals surface area (Å²) in [5.41, 5.74) is 1.46. The molecule has 1 aromatic heterocycles. The third kappa shape index (κ3) is 3.61. The van der Waals surface area contributed by atoms with Crippen LogP contribution in [0, 0.1) is 29.6 Å². The molecule has 7 heteroatoms. The maximum absolute atomic E-state index is 13.2. The Morgan fingerprint density at radius 3 is 2.48 bits per heavy atom. The van der Waals surface area contributed by atoms with Crippen LogP contribution in [0.15, 0.2) is 12.2 Å². The van der Waals surface area contributed by atoms with Gasteiger partial charge in [-0.25, -0.2) is 4.79 Å². The molecule has 1 aromatic rings. The van der Waals surface area contributed by atoms with Gasteiger partial charge in [0.1, 0.15) is 5.00 Å². The Morgan fingerprint density at radius 2 is 1.86 bits per heavy atom. The molecule has 4 aliphatic carbocycles. The van der Waals surface area contributed by atoms with E-state index in [0.717, 1.165) is 42.5 Å². The average molecular weight is 418 g/mol. The number of carbonyl (C=O) groups is 3. The number of carboxylic acid groups (broad SMARTS) is 1. The van der Waals surface area contributed by atoms with Gasteiger partial charge in [-0.2, -0.15) is 0 Å². The molecule has 0 unspecified atom stereocenters. The second-order valence-corrected chi connectivity index (χ2v) is 9.55. The zero-order chi connectivity index (χ0) is 20.7. The lowest BCUT2D eigenvalue weighted by Crippen LogP contribution is -2.47. The van der Waals surface area contributed by atoms with Gasteiger partial charge in [0.2, 0.25) is 5.91 Å². The molecule has 1 amide bonds. The van der Waals surface area contributed by atoms with Gasteiger partial charge in [0.15, 0.2) is 0 Å². The van der Waals surface area contributed by atoms with Crippen molar-refractivity contribution >= 4 is 34.2 Å². The lowest BCUT2D eigenvalue weighted by atomic mass is 9.62. The summed E-state index contributed by atoms with van der Waals surface area (Å²) in [6, 6.07) is 0. The van der Waals surface area contributed by atoms with E-state index >= 15 is 0 Å². The van der Waals surface area contributed by atoms with Gasteiger partial charge in [-0.05, 0) is 62.3 Å². The number of nitrogens with one attached hydrogen (secondary N) is 1. The fraction of sp³-hybridized carbons (Fsp3) is 0.591. The van der Waals surface area contributed by atoms with Crippen molar-refractivity contribution in [1.29, 1.82) is 0 Å². The molecule has 0 aromatic carbocycles. The van der Waals surface area contributed by atoms with Gasteiger partial charge in [0, 0.05) is 4.88 Å². The summed E-state index contributed by atoms with van der Waals surface area (Å²) < 4.78 is 5.28. The Bertz CT molecular complexity index is 873. The molecular formula is C22H27NO5S. The summed E-state index contributed by atoms with van der Waals surface area (Å²) in [7, 11) is 0. The van der Waals surface area contributed by atoms with Crippen LogP contribution in [0.5, 0.6) is 0 Å². The number of rotatable bonds is 5. The molecule has 29 heavy (non-hydrogen) atoms. The van der Waals surface area contributed by atoms with Crippen LogP contribution in [-0.2, 0) is 27.2 Å². The van der Waals surface area contributed by atoms with Crippen molar-refractivity contribution in [1.82, 2.24) is 0 Å². The number of hydrogen-bond acceptors (Lipinski definition) is 5. The Kier molecular flexibility index (Phi) is 5.51. The van der Waals surface area contributed by atoms with Crippen LogP contribution in [0.1, 0.15) is 53.9 Å². The van der Waals surface area contributed by atoms with Crippen molar-refractivity contribution in [2.24, 2.45) is 29.6 Å². The molecule has 1 fully saturated rings. The van der Waals surface area contributed by atoms with Crippen LogP contribution in [0.4, 0.5) is 5.00 Å². The normalized spacial score (nSPS) is 29.9. The Morgan fingerprint density at radius 1 is 1.17 bits per heavy atom. The highest BCUT2D eigenvalue weighted by molar-refractivity contribution is 7.17. The van der Waals surface area contributed by atoms with Gasteiger partial charge in [0.05, 0.1) is 24.0 Å². The van der Waals surface area contributed by atoms with Crippen LogP contribution in [0.25, 0.3) is 0 Å². The van der Waals surface area contributed by atoms with E-state index < -0.39 is 23.8 Å². The molecule has 0 radical (unpaired) electrons. The predicted molar refractivity (Wildman–Crippen MR) is 110 cm³/mol. The van der Waals surface area contributed by atoms with Crippen molar-refractivity contribution in [2.75, 3.05) is 11.9 Å². The lowest BCUT2D eigenvalue weighted by Gasteiger charge is -2.41. The second kappa shape index (κ2) is 7.94. The first-order chi connectivity index (χ1) is 13.9. The van der Waals surface area contributed by atoms with E-state index in [1.165, 1.54) is 11.3 Å². The molecule has 4 aliphatic rings. The minimum absolute atomic E-state index is 0.0678. The predicted octanol–water partition coefficient (Wildman–Crippen LogP) is 3.90. The Labute approximate surface area is 174 Å². The number of esters is 1. The SMILES string of the molecule is CCOC(=O)c1c(NC(=O)[C@H]2[C@@H](C(=O)O)[C@H]3C=C[C@H]2CC3)sc2c1C[C@H](C)CC2. The molecule has 1 saturated carbocycles. The summed E-state index contributed by atoms with van der Waals surface area (Å²) in [4.78, 5) is 38.9. The quantitative estimate of drug-likeness (QED) is 0.560. The van der Waals surface area contributed by atoms with Crippen LogP contribution in [0.2, 0.25) is 0 Å². The van der Waals surface area contributed by atoms with E-state index in [2.05, 4.69) is 12.2 Å². The minimum atomic E-state index is -0.922. The number of carbonyl (C=O) groups excluding carboxylic acids is 2. The van der Waals surface area contributed by atoms with Crippen molar-refractivity contribution in [2.45, 2.75) is 46.0 Å². The van der Waals surface area contributed by atoms with Crippen LogP contribution in [-0.4, -0.2) is 29.6 Å². The molecule has 2 bridgehead atoms. The number of carboxylic acids is 1. The first kappa shape index (κ1) is 20.1. The first-order valence-electron chi connectivity index (χ1n) is 10.4. The highest BCUT2D eigenvalue weighted by Crippen LogP contribution is 2.46. The minimum Gasteiger partial charge on any atom is -0.481 e.